The summed E-state index contributed by atoms with van der Waals surface area (Å²) in [6.45, 7) is 6.10. The van der Waals surface area contributed by atoms with Crippen LogP contribution in [0.2, 0.25) is 0 Å². The Labute approximate surface area is 128 Å². The highest BCUT2D eigenvalue weighted by Gasteiger charge is 2.40. The lowest BCUT2D eigenvalue weighted by Gasteiger charge is -2.44. The van der Waals surface area contributed by atoms with Crippen molar-refractivity contribution in [3.63, 3.8) is 0 Å². The van der Waals surface area contributed by atoms with Crippen molar-refractivity contribution >= 4 is 0 Å². The Hall–Kier alpha value is -0.860. The molecule has 1 saturated carbocycles. The fraction of sp³-hybridized carbons (Fsp3) is 0.684. The standard InChI is InChI=1S/C19H28N2/c1-2-5-17-13-21(19(11-20-17)14-8-9-14)12-16-10-15-6-3-4-7-18(15)16/h3-4,6-7,14,16-17,19-20H,2,5,8-13H2,1H3. The lowest BCUT2D eigenvalue weighted by Crippen LogP contribution is -2.58. The van der Waals surface area contributed by atoms with Gasteiger partial charge in [-0.15, -0.1) is 0 Å². The molecule has 1 aromatic rings. The summed E-state index contributed by atoms with van der Waals surface area (Å²) in [5.41, 5.74) is 3.21. The molecule has 1 saturated heterocycles. The first-order valence-corrected chi connectivity index (χ1v) is 8.90. The predicted octanol–water partition coefficient (Wildman–Crippen LogP) is 3.18. The largest absolute Gasteiger partial charge is 0.311 e. The fourth-order valence-electron chi connectivity index (χ4n) is 4.41. The lowest BCUT2D eigenvalue weighted by molar-refractivity contribution is 0.101. The number of piperazine rings is 1. The molecule has 3 atom stereocenters. The molecule has 1 heterocycles. The van der Waals surface area contributed by atoms with Gasteiger partial charge in [-0.05, 0) is 42.7 Å². The molecule has 21 heavy (non-hydrogen) atoms. The minimum Gasteiger partial charge on any atom is -0.311 e. The molecule has 3 unspecified atom stereocenters. The molecule has 2 fully saturated rings. The highest BCUT2D eigenvalue weighted by atomic mass is 15.2. The summed E-state index contributed by atoms with van der Waals surface area (Å²) in [6, 6.07) is 10.6. The van der Waals surface area contributed by atoms with E-state index < -0.39 is 0 Å². The van der Waals surface area contributed by atoms with Gasteiger partial charge in [-0.25, -0.2) is 0 Å². The Morgan fingerprint density at radius 2 is 2.10 bits per heavy atom. The van der Waals surface area contributed by atoms with Crippen LogP contribution in [0.4, 0.5) is 0 Å². The Morgan fingerprint density at radius 3 is 2.86 bits per heavy atom. The number of hydrogen-bond donors (Lipinski definition) is 1. The number of rotatable bonds is 5. The van der Waals surface area contributed by atoms with Gasteiger partial charge in [-0.3, -0.25) is 4.90 Å². The van der Waals surface area contributed by atoms with Crippen LogP contribution in [0.15, 0.2) is 24.3 Å². The van der Waals surface area contributed by atoms with Gasteiger partial charge in [0.05, 0.1) is 0 Å². The van der Waals surface area contributed by atoms with Crippen molar-refractivity contribution in [3.05, 3.63) is 35.4 Å². The van der Waals surface area contributed by atoms with Crippen molar-refractivity contribution in [3.8, 4) is 0 Å². The minimum atomic E-state index is 0.723. The van der Waals surface area contributed by atoms with Crippen molar-refractivity contribution in [2.75, 3.05) is 19.6 Å². The molecular weight excluding hydrogens is 256 g/mol. The summed E-state index contributed by atoms with van der Waals surface area (Å²) in [6.07, 6.45) is 6.85. The third-order valence-electron chi connectivity index (χ3n) is 5.76. The van der Waals surface area contributed by atoms with Crippen LogP contribution in [-0.2, 0) is 6.42 Å². The molecule has 1 aliphatic heterocycles. The van der Waals surface area contributed by atoms with Crippen LogP contribution >= 0.6 is 0 Å². The highest BCUT2D eigenvalue weighted by Crippen LogP contribution is 2.40. The topological polar surface area (TPSA) is 15.3 Å². The van der Waals surface area contributed by atoms with E-state index in [2.05, 4.69) is 41.4 Å². The molecule has 0 amide bonds. The monoisotopic (exact) mass is 284 g/mol. The molecule has 2 nitrogen and oxygen atoms in total. The van der Waals surface area contributed by atoms with Crippen molar-refractivity contribution in [1.29, 1.82) is 0 Å². The van der Waals surface area contributed by atoms with Crippen LogP contribution < -0.4 is 5.32 Å². The number of benzene rings is 1. The number of hydrogen-bond acceptors (Lipinski definition) is 2. The van der Waals surface area contributed by atoms with E-state index in [9.17, 15) is 0 Å². The molecular formula is C19H28N2. The first kappa shape index (κ1) is 13.8. The molecule has 4 rings (SSSR count). The predicted molar refractivity (Wildman–Crippen MR) is 87.7 cm³/mol. The van der Waals surface area contributed by atoms with Gasteiger partial charge in [0.15, 0.2) is 0 Å². The highest BCUT2D eigenvalue weighted by molar-refractivity contribution is 5.40. The number of nitrogens with one attached hydrogen (secondary N) is 1. The van der Waals surface area contributed by atoms with Crippen LogP contribution in [0.25, 0.3) is 0 Å². The SMILES string of the molecule is CCCC1CN(CC2Cc3ccccc32)C(C2CC2)CN1. The molecule has 2 heteroatoms. The lowest BCUT2D eigenvalue weighted by atomic mass is 9.77. The summed E-state index contributed by atoms with van der Waals surface area (Å²) in [4.78, 5) is 2.84. The van der Waals surface area contributed by atoms with Gasteiger partial charge < -0.3 is 5.32 Å². The fourth-order valence-corrected chi connectivity index (χ4v) is 4.41. The van der Waals surface area contributed by atoms with Gasteiger partial charge in [0, 0.05) is 37.6 Å². The molecule has 0 aromatic heterocycles. The van der Waals surface area contributed by atoms with Gasteiger partial charge in [0.2, 0.25) is 0 Å². The van der Waals surface area contributed by atoms with E-state index in [1.54, 1.807) is 11.1 Å². The van der Waals surface area contributed by atoms with E-state index >= 15 is 0 Å². The smallest absolute Gasteiger partial charge is 0.0249 e. The summed E-state index contributed by atoms with van der Waals surface area (Å²) in [5.74, 6) is 1.78. The maximum atomic E-state index is 3.81. The van der Waals surface area contributed by atoms with Gasteiger partial charge in [0.25, 0.3) is 0 Å². The molecule has 2 aliphatic carbocycles. The van der Waals surface area contributed by atoms with E-state index in [4.69, 9.17) is 0 Å². The maximum absolute atomic E-state index is 3.81. The van der Waals surface area contributed by atoms with Crippen LogP contribution in [0, 0.1) is 5.92 Å². The second-order valence-electron chi connectivity index (χ2n) is 7.35. The van der Waals surface area contributed by atoms with Gasteiger partial charge >= 0.3 is 0 Å². The quantitative estimate of drug-likeness (QED) is 0.893. The Kier molecular flexibility index (Phi) is 3.76. The maximum Gasteiger partial charge on any atom is 0.0249 e. The molecule has 1 aromatic carbocycles. The zero-order valence-corrected chi connectivity index (χ0v) is 13.2. The van der Waals surface area contributed by atoms with Crippen molar-refractivity contribution in [1.82, 2.24) is 10.2 Å². The van der Waals surface area contributed by atoms with Crippen LogP contribution in [0.5, 0.6) is 0 Å². The van der Waals surface area contributed by atoms with Crippen molar-refractivity contribution < 1.29 is 0 Å². The van der Waals surface area contributed by atoms with E-state index in [1.807, 2.05) is 0 Å². The zero-order valence-electron chi connectivity index (χ0n) is 13.2. The van der Waals surface area contributed by atoms with E-state index in [-0.39, 0.29) is 0 Å². The zero-order chi connectivity index (χ0) is 14.2. The second kappa shape index (κ2) is 5.73. The Bertz CT molecular complexity index is 494. The van der Waals surface area contributed by atoms with E-state index in [1.165, 1.54) is 51.7 Å². The molecule has 114 valence electrons. The first-order valence-electron chi connectivity index (χ1n) is 8.90. The molecule has 0 spiro atoms. The summed E-state index contributed by atoms with van der Waals surface area (Å²) >= 11 is 0. The van der Waals surface area contributed by atoms with Gasteiger partial charge in [0.1, 0.15) is 0 Å². The summed E-state index contributed by atoms with van der Waals surface area (Å²) < 4.78 is 0. The van der Waals surface area contributed by atoms with Crippen molar-refractivity contribution in [2.45, 2.75) is 57.0 Å². The molecule has 1 N–H and O–H groups in total. The van der Waals surface area contributed by atoms with Gasteiger partial charge in [-0.2, -0.15) is 0 Å². The Balaban J connectivity index is 1.43. The van der Waals surface area contributed by atoms with E-state index in [0.29, 0.717) is 0 Å². The average molecular weight is 284 g/mol. The van der Waals surface area contributed by atoms with Crippen LogP contribution in [-0.4, -0.2) is 36.6 Å². The first-order chi connectivity index (χ1) is 10.3. The normalized spacial score (nSPS) is 32.5. The van der Waals surface area contributed by atoms with Crippen LogP contribution in [0.1, 0.15) is 49.7 Å². The molecule has 3 aliphatic rings. The average Bonchev–Trinajstić information content (AvgIpc) is 3.30. The van der Waals surface area contributed by atoms with Gasteiger partial charge in [-0.1, -0.05) is 37.6 Å². The number of nitrogens with zero attached hydrogens (tertiary/aromatic N) is 1. The van der Waals surface area contributed by atoms with Crippen LogP contribution in [0.3, 0.4) is 0 Å². The van der Waals surface area contributed by atoms with E-state index in [0.717, 1.165) is 23.9 Å². The third-order valence-corrected chi connectivity index (χ3v) is 5.76. The molecule has 0 radical (unpaired) electrons. The second-order valence-corrected chi connectivity index (χ2v) is 7.35. The summed E-state index contributed by atoms with van der Waals surface area (Å²) in [5, 5.41) is 3.81. The summed E-state index contributed by atoms with van der Waals surface area (Å²) in [7, 11) is 0. The third kappa shape index (κ3) is 2.76. The molecule has 0 bridgehead atoms. The number of fused-ring (bicyclic) bond motifs is 1. The van der Waals surface area contributed by atoms with Crippen molar-refractivity contribution in [2.24, 2.45) is 5.92 Å². The Morgan fingerprint density at radius 1 is 1.24 bits per heavy atom. The minimum absolute atomic E-state index is 0.723.